The van der Waals surface area contributed by atoms with Gasteiger partial charge in [0.1, 0.15) is 0 Å². The lowest BCUT2D eigenvalue weighted by molar-refractivity contribution is 0.372. The molecule has 0 aliphatic carbocycles. The molecule has 0 fully saturated rings. The zero-order valence-corrected chi connectivity index (χ0v) is 6.17. The highest BCUT2D eigenvalue weighted by molar-refractivity contribution is 6.08. The summed E-state index contributed by atoms with van der Waals surface area (Å²) in [5.41, 5.74) is -1.00. The lowest BCUT2D eigenvalue weighted by atomic mass is 9.95. The van der Waals surface area contributed by atoms with Crippen LogP contribution in [0.3, 0.4) is 0 Å². The van der Waals surface area contributed by atoms with E-state index in [4.69, 9.17) is 7.85 Å². The molecule has 0 unspecified atom stereocenters. The monoisotopic (exact) mass is 192 g/mol. The number of hydrogen-bond acceptors (Lipinski definition) is 0. The van der Waals surface area contributed by atoms with Gasteiger partial charge in [0, 0.05) is 5.56 Å². The molecule has 6 heteroatoms. The molecule has 0 heterocycles. The molecule has 0 N–H and O–H groups in total. The fourth-order valence-electron chi connectivity index (χ4n) is 0.830. The highest BCUT2D eigenvalue weighted by Crippen LogP contribution is 2.22. The van der Waals surface area contributed by atoms with Crippen LogP contribution < -0.4 is 0 Å². The van der Waals surface area contributed by atoms with Crippen molar-refractivity contribution in [3.63, 3.8) is 0 Å². The van der Waals surface area contributed by atoms with Crippen LogP contribution in [0.4, 0.5) is 22.0 Å². The molecule has 0 aliphatic rings. The molecule has 0 spiro atoms. The molecule has 0 nitrogen and oxygen atoms in total. The van der Waals surface area contributed by atoms with Crippen molar-refractivity contribution in [2.75, 3.05) is 0 Å². The molecule has 0 bridgehead atoms. The van der Waals surface area contributed by atoms with Crippen LogP contribution in [0.2, 0.25) is 0 Å². The van der Waals surface area contributed by atoms with Crippen LogP contribution in [-0.2, 0) is 6.32 Å². The summed E-state index contributed by atoms with van der Waals surface area (Å²) in [6, 6.07) is 0. The summed E-state index contributed by atoms with van der Waals surface area (Å²) in [5, 5.41) is 0. The number of rotatable bonds is 1. The summed E-state index contributed by atoms with van der Waals surface area (Å²) in [4.78, 5) is 0. The van der Waals surface area contributed by atoms with Crippen molar-refractivity contribution in [1.82, 2.24) is 0 Å². The van der Waals surface area contributed by atoms with Crippen molar-refractivity contribution < 1.29 is 22.0 Å². The van der Waals surface area contributed by atoms with Crippen molar-refractivity contribution >= 4 is 7.85 Å². The predicted molar refractivity (Wildman–Crippen MR) is 35.7 cm³/mol. The van der Waals surface area contributed by atoms with Crippen molar-refractivity contribution in [2.24, 2.45) is 0 Å². The molecule has 0 saturated carbocycles. The van der Waals surface area contributed by atoms with Gasteiger partial charge in [-0.25, -0.2) is 22.0 Å². The van der Waals surface area contributed by atoms with Crippen LogP contribution in [-0.4, -0.2) is 7.85 Å². The maximum atomic E-state index is 12.6. The van der Waals surface area contributed by atoms with E-state index in [1.807, 2.05) is 0 Å². The molecule has 0 amide bonds. The zero-order valence-electron chi connectivity index (χ0n) is 6.17. The van der Waals surface area contributed by atoms with Crippen molar-refractivity contribution in [1.29, 1.82) is 0 Å². The molecule has 0 aromatic heterocycles. The number of benzene rings is 1. The third-order valence-corrected chi connectivity index (χ3v) is 1.50. The van der Waals surface area contributed by atoms with E-state index in [1.54, 1.807) is 0 Å². The van der Waals surface area contributed by atoms with E-state index in [0.717, 1.165) is 0 Å². The summed E-state index contributed by atoms with van der Waals surface area (Å²) in [5.74, 6) is -9.87. The second kappa shape index (κ2) is 3.36. The Bertz CT molecular complexity index is 320. The van der Waals surface area contributed by atoms with E-state index >= 15 is 0 Å². The number of halogens is 5. The maximum Gasteiger partial charge on any atom is 0.200 e. The van der Waals surface area contributed by atoms with Gasteiger partial charge in [-0.3, -0.25) is 0 Å². The summed E-state index contributed by atoms with van der Waals surface area (Å²) in [6.45, 7) is 0. The van der Waals surface area contributed by atoms with Gasteiger partial charge < -0.3 is 0 Å². The second-order valence-corrected chi connectivity index (χ2v) is 2.25. The van der Waals surface area contributed by atoms with Gasteiger partial charge in [-0.1, -0.05) is 6.32 Å². The van der Waals surface area contributed by atoms with Crippen LogP contribution in [0.25, 0.3) is 0 Å². The normalized spacial score (nSPS) is 10.5. The summed E-state index contributed by atoms with van der Waals surface area (Å²) in [6.07, 6.45) is -0.744. The highest BCUT2D eigenvalue weighted by atomic mass is 19.2. The fourth-order valence-corrected chi connectivity index (χ4v) is 0.830. The minimum absolute atomic E-state index is 0.744. The number of hydrogen-bond donors (Lipinski definition) is 0. The summed E-state index contributed by atoms with van der Waals surface area (Å²) < 4.78 is 62.3. The molecule has 1 aromatic rings. The molecule has 1 aromatic carbocycles. The van der Waals surface area contributed by atoms with Crippen LogP contribution in [0, 0.1) is 29.1 Å². The highest BCUT2D eigenvalue weighted by Gasteiger charge is 2.23. The topological polar surface area (TPSA) is 0 Å². The molecular weight excluding hydrogens is 190 g/mol. The third kappa shape index (κ3) is 1.40. The average Bonchev–Trinajstić information content (AvgIpc) is 2.13. The Labute approximate surface area is 71.8 Å². The third-order valence-electron chi connectivity index (χ3n) is 1.50. The van der Waals surface area contributed by atoms with Crippen LogP contribution in [0.1, 0.15) is 5.56 Å². The molecule has 68 valence electrons. The van der Waals surface area contributed by atoms with E-state index in [-0.39, 0.29) is 0 Å². The SMILES string of the molecule is [B]Cc1c(F)c(F)c(F)c(F)c1F. The largest absolute Gasteiger partial charge is 0.203 e. The van der Waals surface area contributed by atoms with Crippen LogP contribution >= 0.6 is 0 Å². The van der Waals surface area contributed by atoms with E-state index in [1.165, 1.54) is 0 Å². The van der Waals surface area contributed by atoms with Gasteiger partial charge >= 0.3 is 0 Å². The predicted octanol–water partition coefficient (Wildman–Crippen LogP) is 2.05. The van der Waals surface area contributed by atoms with Gasteiger partial charge in [-0.15, -0.1) is 0 Å². The molecular formula is C7H2BF5. The minimum atomic E-state index is -2.17. The average molecular weight is 192 g/mol. The molecule has 2 radical (unpaired) electrons. The van der Waals surface area contributed by atoms with Gasteiger partial charge in [0.05, 0.1) is 7.85 Å². The molecule has 0 aliphatic heterocycles. The molecule has 1 rings (SSSR count). The Morgan fingerprint density at radius 2 is 1.00 bits per heavy atom. The Kier molecular flexibility index (Phi) is 2.59. The molecule has 0 atom stereocenters. The fraction of sp³-hybridized carbons (Fsp3) is 0.143. The zero-order chi connectivity index (χ0) is 10.2. The Hall–Kier alpha value is -1.07. The Balaban J connectivity index is 3.56. The lowest BCUT2D eigenvalue weighted by Crippen LogP contribution is -2.06. The van der Waals surface area contributed by atoms with Crippen molar-refractivity contribution in [3.05, 3.63) is 34.6 Å². The quantitative estimate of drug-likeness (QED) is 0.276. The molecule has 0 saturated heterocycles. The van der Waals surface area contributed by atoms with Gasteiger partial charge in [0.2, 0.25) is 5.82 Å². The first-order valence-electron chi connectivity index (χ1n) is 3.21. The molecule has 13 heavy (non-hydrogen) atoms. The first-order valence-corrected chi connectivity index (χ1v) is 3.21. The van der Waals surface area contributed by atoms with Gasteiger partial charge in [0.25, 0.3) is 0 Å². The van der Waals surface area contributed by atoms with E-state index in [9.17, 15) is 22.0 Å². The second-order valence-electron chi connectivity index (χ2n) is 2.25. The van der Waals surface area contributed by atoms with Crippen LogP contribution in [0.5, 0.6) is 0 Å². The lowest BCUT2D eigenvalue weighted by Gasteiger charge is -2.05. The Morgan fingerprint density at radius 1 is 0.692 bits per heavy atom. The summed E-state index contributed by atoms with van der Waals surface area (Å²) in [7, 11) is 4.80. The smallest absolute Gasteiger partial charge is 0.200 e. The van der Waals surface area contributed by atoms with E-state index in [2.05, 4.69) is 0 Å². The standard InChI is InChI=1S/C7H2BF5/c8-1-2-3(9)5(11)7(13)6(12)4(2)10/h1H2. The van der Waals surface area contributed by atoms with Gasteiger partial charge in [-0.05, 0) is 0 Å². The Morgan fingerprint density at radius 3 is 1.31 bits per heavy atom. The van der Waals surface area contributed by atoms with E-state index < -0.39 is 41.0 Å². The minimum Gasteiger partial charge on any atom is -0.203 e. The maximum absolute atomic E-state index is 12.6. The van der Waals surface area contributed by atoms with Gasteiger partial charge in [-0.2, -0.15) is 0 Å². The van der Waals surface area contributed by atoms with Gasteiger partial charge in [0.15, 0.2) is 23.3 Å². The first kappa shape index (κ1) is 10.0. The summed E-state index contributed by atoms with van der Waals surface area (Å²) >= 11 is 0. The van der Waals surface area contributed by atoms with Crippen molar-refractivity contribution in [3.8, 4) is 0 Å². The first-order chi connectivity index (χ1) is 6.00. The van der Waals surface area contributed by atoms with Crippen molar-refractivity contribution in [2.45, 2.75) is 6.32 Å². The van der Waals surface area contributed by atoms with E-state index in [0.29, 0.717) is 0 Å². The van der Waals surface area contributed by atoms with Crippen LogP contribution in [0.15, 0.2) is 0 Å².